The smallest absolute Gasteiger partial charge is 0.316 e. The quantitative estimate of drug-likeness (QED) is 0.164. The molecule has 0 aliphatic carbocycles. The van der Waals surface area contributed by atoms with Crippen LogP contribution >= 0.6 is 0 Å². The highest BCUT2D eigenvalue weighted by atomic mass is 16.7. The molecule has 13 nitrogen and oxygen atoms in total. The van der Waals surface area contributed by atoms with Gasteiger partial charge in [-0.25, -0.2) is 0 Å². The van der Waals surface area contributed by atoms with Crippen LogP contribution in [0.3, 0.4) is 0 Å². The number of rotatable bonds is 8. The van der Waals surface area contributed by atoms with Gasteiger partial charge in [0.05, 0.1) is 37.1 Å². The van der Waals surface area contributed by atoms with Crippen molar-refractivity contribution in [2.45, 2.75) is 142 Å². The van der Waals surface area contributed by atoms with Crippen molar-refractivity contribution in [1.29, 1.82) is 0 Å². The van der Waals surface area contributed by atoms with Gasteiger partial charge in [-0.05, 0) is 80.0 Å². The minimum absolute atomic E-state index is 0.0320. The molecule has 0 spiro atoms. The van der Waals surface area contributed by atoms with Gasteiger partial charge in [-0.3, -0.25) is 14.6 Å². The summed E-state index contributed by atoms with van der Waals surface area (Å²) >= 11 is 0. The van der Waals surface area contributed by atoms with E-state index in [1.165, 1.54) is 6.92 Å². The summed E-state index contributed by atoms with van der Waals surface area (Å²) in [6, 6.07) is 3.79. The van der Waals surface area contributed by atoms with E-state index in [1.807, 2.05) is 67.8 Å². The molecule has 1 N–H and O–H groups in total. The predicted octanol–water partition coefficient (Wildman–Crippen LogP) is 5.05. The molecule has 13 heteroatoms. The van der Waals surface area contributed by atoms with E-state index in [0.29, 0.717) is 12.1 Å². The molecule has 4 heterocycles. The average Bonchev–Trinajstić information content (AvgIpc) is 3.14. The first-order valence-corrected chi connectivity index (χ1v) is 19.3. The lowest BCUT2D eigenvalue weighted by Gasteiger charge is -2.48. The molecule has 0 radical (unpaired) electrons. The first-order chi connectivity index (χ1) is 25.3. The molecule has 304 valence electrons. The van der Waals surface area contributed by atoms with Gasteiger partial charge in [-0.1, -0.05) is 51.1 Å². The number of ether oxygens (including phenoxy) is 6. The third-order valence-electron chi connectivity index (χ3n) is 11.7. The summed E-state index contributed by atoms with van der Waals surface area (Å²) in [4.78, 5) is 40.5. The fourth-order valence-electron chi connectivity index (χ4n) is 8.31. The maximum atomic E-state index is 14.4. The number of nitrogens with zero attached hydrogens (tertiary/aromatic N) is 3. The zero-order valence-electron chi connectivity index (χ0n) is 34.5. The van der Waals surface area contributed by atoms with Crippen molar-refractivity contribution >= 4 is 17.5 Å². The fourth-order valence-corrected chi connectivity index (χ4v) is 8.31. The van der Waals surface area contributed by atoms with Crippen molar-refractivity contribution in [3.8, 4) is 0 Å². The van der Waals surface area contributed by atoms with E-state index in [2.05, 4.69) is 21.6 Å². The largest absolute Gasteiger partial charge is 0.459 e. The second kappa shape index (κ2) is 18.4. The maximum Gasteiger partial charge on any atom is 0.316 e. The summed E-state index contributed by atoms with van der Waals surface area (Å²) in [7, 11) is 5.61. The van der Waals surface area contributed by atoms with Crippen LogP contribution in [0.2, 0.25) is 0 Å². The maximum absolute atomic E-state index is 14.4. The molecule has 3 aliphatic rings. The Morgan fingerprint density at radius 1 is 1.09 bits per heavy atom. The highest BCUT2D eigenvalue weighted by Crippen LogP contribution is 2.42. The number of carbonyl (C=O) groups excluding carboxylic acids is 2. The standard InChI is InChI=1S/C41H65N3O10/c1-14-33-41(10,47)37-27(6)26(5)23(2)18-40(9,50-22-31(21-49-37)43-51-20-30-16-15-24(3)42-19-30)36(28(7)34(45)29(8)38(46)53-33)54-39-35(48-13)32(44(11)12)17-25(4)52-39/h15-16,19,23,25,27-29,32-33,35-37,39,47H,5,14,17-18,20-22H2,1-4,6-13H3/t23-,25-,27+,28+,29?,32+,33-,35-,36-,37-,39+,40-,41-/m1/s1. The molecule has 1 unspecified atom stereocenters. The van der Waals surface area contributed by atoms with Gasteiger partial charge in [-0.15, -0.1) is 0 Å². The summed E-state index contributed by atoms with van der Waals surface area (Å²) in [6.07, 6.45) is -1.25. The van der Waals surface area contributed by atoms with E-state index in [0.717, 1.165) is 23.3 Å². The van der Waals surface area contributed by atoms with Gasteiger partial charge >= 0.3 is 5.97 Å². The number of ketones is 1. The van der Waals surface area contributed by atoms with Gasteiger partial charge in [-0.2, -0.15) is 0 Å². The average molecular weight is 760 g/mol. The molecule has 0 aromatic carbocycles. The Morgan fingerprint density at radius 2 is 1.80 bits per heavy atom. The van der Waals surface area contributed by atoms with Crippen molar-refractivity contribution < 1.29 is 48.0 Å². The van der Waals surface area contributed by atoms with Gasteiger partial charge < -0.3 is 43.3 Å². The lowest BCUT2D eigenvalue weighted by molar-refractivity contribution is -0.300. The zero-order chi connectivity index (χ0) is 40.1. The molecule has 2 bridgehead atoms. The van der Waals surface area contributed by atoms with Crippen LogP contribution in [0.4, 0.5) is 0 Å². The molecular formula is C41H65N3O10. The Morgan fingerprint density at radius 3 is 2.41 bits per heavy atom. The number of esters is 1. The normalized spacial score (nSPS) is 39.8. The van der Waals surface area contributed by atoms with Crippen molar-refractivity contribution in [3.05, 3.63) is 41.7 Å². The molecule has 13 atom stereocenters. The molecule has 3 aliphatic heterocycles. The number of aryl methyl sites for hydroxylation is 1. The number of methoxy groups -OCH3 is 1. The van der Waals surface area contributed by atoms with Crippen LogP contribution in [0, 0.1) is 30.6 Å². The van der Waals surface area contributed by atoms with Crippen LogP contribution in [0.5, 0.6) is 0 Å². The van der Waals surface area contributed by atoms with Crippen LogP contribution in [0.1, 0.15) is 85.9 Å². The molecule has 3 fully saturated rings. The van der Waals surface area contributed by atoms with Gasteiger partial charge in [0.2, 0.25) is 0 Å². The van der Waals surface area contributed by atoms with Crippen LogP contribution in [-0.4, -0.2) is 121 Å². The van der Waals surface area contributed by atoms with Crippen molar-refractivity contribution in [2.24, 2.45) is 28.8 Å². The fraction of sp³-hybridized carbons (Fsp3) is 0.756. The van der Waals surface area contributed by atoms with Gasteiger partial charge in [0.1, 0.15) is 36.0 Å². The Balaban J connectivity index is 1.87. The molecule has 0 amide bonds. The van der Waals surface area contributed by atoms with E-state index >= 15 is 0 Å². The number of fused-ring (bicyclic) bond motifs is 5. The summed E-state index contributed by atoms with van der Waals surface area (Å²) < 4.78 is 38.9. The van der Waals surface area contributed by atoms with E-state index in [4.69, 9.17) is 33.3 Å². The Hall–Kier alpha value is -2.78. The number of hydrogen-bond acceptors (Lipinski definition) is 13. The van der Waals surface area contributed by atoms with E-state index < -0.39 is 65.6 Å². The summed E-state index contributed by atoms with van der Waals surface area (Å²) in [5.74, 6) is -3.79. The molecular weight excluding hydrogens is 694 g/mol. The first kappa shape index (κ1) is 43.9. The SMILES string of the molecule is C=C1[C@H](C)C[C@@]2(C)OCC(=NOCc3ccc(C)nc3)CO[C@H]([C@H]1C)[C@](C)(O)[C@@H](CC)OC(=O)C(C)C(=O)[C@H](C)[C@H]2O[C@@H]1O[C@H](C)C[C@H](N(C)C)[C@H]1OC. The summed E-state index contributed by atoms with van der Waals surface area (Å²) in [5.41, 5.74) is 0.0643. The second-order valence-corrected chi connectivity index (χ2v) is 16.4. The number of Topliss-reactive ketones (excluding diaryl/α,β-unsaturated/α-hetero) is 1. The Labute approximate surface area is 322 Å². The predicted molar refractivity (Wildman–Crippen MR) is 204 cm³/mol. The van der Waals surface area contributed by atoms with Crippen LogP contribution in [-0.2, 0) is 49.5 Å². The molecule has 3 saturated heterocycles. The highest BCUT2D eigenvalue weighted by Gasteiger charge is 2.52. The summed E-state index contributed by atoms with van der Waals surface area (Å²) in [6.45, 7) is 21.1. The monoisotopic (exact) mass is 759 g/mol. The molecule has 54 heavy (non-hydrogen) atoms. The third kappa shape index (κ3) is 9.96. The van der Waals surface area contributed by atoms with Crippen molar-refractivity contribution in [2.75, 3.05) is 34.4 Å². The topological polar surface area (TPSA) is 147 Å². The minimum Gasteiger partial charge on any atom is -0.459 e. The van der Waals surface area contributed by atoms with Crippen LogP contribution < -0.4 is 0 Å². The van der Waals surface area contributed by atoms with E-state index in [1.54, 1.807) is 27.2 Å². The minimum atomic E-state index is -1.68. The number of likely N-dealkylation sites (N-methyl/N-ethyl adjacent to an activating group) is 1. The van der Waals surface area contributed by atoms with E-state index in [9.17, 15) is 14.7 Å². The van der Waals surface area contributed by atoms with Crippen molar-refractivity contribution in [3.63, 3.8) is 0 Å². The first-order valence-electron chi connectivity index (χ1n) is 19.3. The molecule has 1 aromatic rings. The van der Waals surface area contributed by atoms with Gasteiger partial charge in [0.15, 0.2) is 12.1 Å². The number of oxime groups is 1. The number of hydrogen-bond donors (Lipinski definition) is 1. The number of aliphatic hydroxyl groups is 1. The van der Waals surface area contributed by atoms with Gasteiger partial charge in [0, 0.05) is 42.4 Å². The lowest BCUT2D eigenvalue weighted by atomic mass is 9.73. The third-order valence-corrected chi connectivity index (χ3v) is 11.7. The van der Waals surface area contributed by atoms with Crippen LogP contribution in [0.15, 0.2) is 35.6 Å². The van der Waals surface area contributed by atoms with Crippen LogP contribution in [0.25, 0.3) is 0 Å². The Kier molecular flexibility index (Phi) is 15.0. The number of carbonyl (C=O) groups is 2. The number of aromatic nitrogens is 1. The number of cyclic esters (lactones) is 1. The highest BCUT2D eigenvalue weighted by molar-refractivity contribution is 6.00. The van der Waals surface area contributed by atoms with Gasteiger partial charge in [0.25, 0.3) is 0 Å². The van der Waals surface area contributed by atoms with Crippen molar-refractivity contribution in [1.82, 2.24) is 9.88 Å². The second-order valence-electron chi connectivity index (χ2n) is 16.4. The lowest BCUT2D eigenvalue weighted by Crippen LogP contribution is -2.60. The Bertz CT molecular complexity index is 1470. The number of pyridine rings is 1. The molecule has 1 aromatic heterocycles. The zero-order valence-corrected chi connectivity index (χ0v) is 34.5. The molecule has 0 saturated carbocycles. The van der Waals surface area contributed by atoms with E-state index in [-0.39, 0.29) is 50.1 Å². The molecule has 4 rings (SSSR count). The summed E-state index contributed by atoms with van der Waals surface area (Å²) in [5, 5.41) is 16.7.